The molecule has 1 aliphatic heterocycles. The van der Waals surface area contributed by atoms with E-state index in [4.69, 9.17) is 5.73 Å². The monoisotopic (exact) mass is 286 g/mol. The second-order valence-corrected chi connectivity index (χ2v) is 4.91. The summed E-state index contributed by atoms with van der Waals surface area (Å²) in [5, 5.41) is 6.39. The first-order valence-corrected chi connectivity index (χ1v) is 6.80. The van der Waals surface area contributed by atoms with Crippen LogP contribution in [0.15, 0.2) is 24.7 Å². The molecule has 8 nitrogen and oxygen atoms in total. The van der Waals surface area contributed by atoms with Gasteiger partial charge in [0, 0.05) is 37.6 Å². The number of aromatic nitrogens is 4. The number of nitrogens with one attached hydrogen (secondary N) is 2. The Balaban J connectivity index is 1.67. The molecule has 0 aromatic carbocycles. The van der Waals surface area contributed by atoms with E-state index in [0.717, 1.165) is 24.6 Å². The molecular formula is C13H18N8. The summed E-state index contributed by atoms with van der Waals surface area (Å²) in [5.74, 6) is 1.86. The number of hydrogen-bond acceptors (Lipinski definition) is 8. The minimum atomic E-state index is 0.288. The van der Waals surface area contributed by atoms with Crippen LogP contribution in [0.4, 0.5) is 17.6 Å². The van der Waals surface area contributed by atoms with Crippen LogP contribution in [0.1, 0.15) is 5.69 Å². The van der Waals surface area contributed by atoms with Gasteiger partial charge in [-0.3, -0.25) is 4.98 Å². The molecule has 21 heavy (non-hydrogen) atoms. The van der Waals surface area contributed by atoms with Crippen LogP contribution in [-0.4, -0.2) is 46.1 Å². The van der Waals surface area contributed by atoms with E-state index in [9.17, 15) is 0 Å². The second-order valence-electron chi connectivity index (χ2n) is 4.91. The van der Waals surface area contributed by atoms with Gasteiger partial charge in [0.15, 0.2) is 0 Å². The molecule has 2 aromatic heterocycles. The first-order chi connectivity index (χ1) is 10.2. The van der Waals surface area contributed by atoms with Crippen molar-refractivity contribution in [2.75, 3.05) is 36.1 Å². The molecule has 0 atom stereocenters. The van der Waals surface area contributed by atoms with Crippen LogP contribution in [0.2, 0.25) is 0 Å². The van der Waals surface area contributed by atoms with E-state index in [2.05, 4.69) is 35.5 Å². The first kappa shape index (κ1) is 13.5. The molecule has 0 bridgehead atoms. The summed E-state index contributed by atoms with van der Waals surface area (Å²) in [4.78, 5) is 18.9. The Morgan fingerprint density at radius 2 is 2.19 bits per heavy atom. The van der Waals surface area contributed by atoms with Gasteiger partial charge in [0.05, 0.1) is 18.4 Å². The van der Waals surface area contributed by atoms with Crippen molar-refractivity contribution in [1.29, 1.82) is 0 Å². The largest absolute Gasteiger partial charge is 0.368 e. The molecule has 4 N–H and O–H groups in total. The lowest BCUT2D eigenvalue weighted by atomic mass is 10.1. The molecule has 0 saturated carbocycles. The lowest BCUT2D eigenvalue weighted by Gasteiger charge is -2.40. The van der Waals surface area contributed by atoms with Crippen molar-refractivity contribution in [2.24, 2.45) is 0 Å². The molecule has 1 fully saturated rings. The van der Waals surface area contributed by atoms with E-state index in [0.29, 0.717) is 18.4 Å². The van der Waals surface area contributed by atoms with Crippen LogP contribution in [0, 0.1) is 0 Å². The average molecular weight is 286 g/mol. The van der Waals surface area contributed by atoms with Crippen LogP contribution in [0.3, 0.4) is 0 Å². The van der Waals surface area contributed by atoms with Crippen LogP contribution in [-0.2, 0) is 6.54 Å². The number of rotatable bonds is 5. The van der Waals surface area contributed by atoms with E-state index in [1.807, 2.05) is 13.1 Å². The maximum absolute atomic E-state index is 5.79. The molecule has 3 rings (SSSR count). The van der Waals surface area contributed by atoms with Gasteiger partial charge in [0.25, 0.3) is 0 Å². The highest BCUT2D eigenvalue weighted by Crippen LogP contribution is 2.20. The summed E-state index contributed by atoms with van der Waals surface area (Å²) in [6, 6.07) is 2.47. The van der Waals surface area contributed by atoms with E-state index in [1.165, 1.54) is 0 Å². The molecule has 0 aliphatic carbocycles. The molecule has 0 radical (unpaired) electrons. The van der Waals surface area contributed by atoms with E-state index in [-0.39, 0.29) is 5.95 Å². The fraction of sp³-hybridized carbons (Fsp3) is 0.385. The summed E-state index contributed by atoms with van der Waals surface area (Å²) in [5.41, 5.74) is 6.62. The molecule has 110 valence electrons. The Bertz CT molecular complexity index is 596. The van der Waals surface area contributed by atoms with Gasteiger partial charge < -0.3 is 21.3 Å². The van der Waals surface area contributed by atoms with Crippen molar-refractivity contribution in [1.82, 2.24) is 25.3 Å². The molecular weight excluding hydrogens is 268 g/mol. The zero-order chi connectivity index (χ0) is 14.7. The number of anilines is 3. The van der Waals surface area contributed by atoms with Gasteiger partial charge in [0.2, 0.25) is 5.95 Å². The zero-order valence-electron chi connectivity index (χ0n) is 11.8. The predicted molar refractivity (Wildman–Crippen MR) is 80.9 cm³/mol. The van der Waals surface area contributed by atoms with Gasteiger partial charge in [-0.2, -0.15) is 4.98 Å². The third-order valence-electron chi connectivity index (χ3n) is 3.41. The van der Waals surface area contributed by atoms with Crippen molar-refractivity contribution in [3.8, 4) is 0 Å². The Hall–Kier alpha value is -2.48. The van der Waals surface area contributed by atoms with Crippen LogP contribution in [0.25, 0.3) is 0 Å². The fourth-order valence-corrected chi connectivity index (χ4v) is 2.18. The molecule has 1 aliphatic rings. The molecule has 0 spiro atoms. The normalized spacial score (nSPS) is 14.8. The summed E-state index contributed by atoms with van der Waals surface area (Å²) in [6.45, 7) is 2.40. The van der Waals surface area contributed by atoms with Crippen molar-refractivity contribution < 1.29 is 0 Å². The van der Waals surface area contributed by atoms with Gasteiger partial charge in [-0.1, -0.05) is 0 Å². The van der Waals surface area contributed by atoms with Crippen LogP contribution in [0.5, 0.6) is 0 Å². The number of nitrogens with two attached hydrogens (primary N) is 1. The summed E-state index contributed by atoms with van der Waals surface area (Å²) in [7, 11) is 1.96. The summed E-state index contributed by atoms with van der Waals surface area (Å²) < 4.78 is 0. The third kappa shape index (κ3) is 3.16. The van der Waals surface area contributed by atoms with Crippen LogP contribution < -0.4 is 21.3 Å². The van der Waals surface area contributed by atoms with Crippen molar-refractivity contribution in [2.45, 2.75) is 12.6 Å². The number of hydrogen-bond donors (Lipinski definition) is 3. The van der Waals surface area contributed by atoms with Crippen molar-refractivity contribution in [3.63, 3.8) is 0 Å². The standard InChI is InChI=1S/C13H18N8/c1-15-10-7-21(8-10)12-4-9(19-13(14)20-12)5-18-11-6-16-2-3-17-11/h2-4,6,10,15H,5,7-8H2,1H3,(H,17,18)(H2,14,19,20). The highest BCUT2D eigenvalue weighted by Gasteiger charge is 2.26. The third-order valence-corrected chi connectivity index (χ3v) is 3.41. The average Bonchev–Trinajstić information content (AvgIpc) is 2.45. The summed E-state index contributed by atoms with van der Waals surface area (Å²) >= 11 is 0. The lowest BCUT2D eigenvalue weighted by Crippen LogP contribution is -2.57. The molecule has 8 heteroatoms. The zero-order valence-corrected chi connectivity index (χ0v) is 11.8. The molecule has 0 unspecified atom stereocenters. The van der Waals surface area contributed by atoms with Gasteiger partial charge in [-0.25, -0.2) is 9.97 Å². The SMILES string of the molecule is CNC1CN(c2cc(CNc3cnccn3)nc(N)n2)C1. The first-order valence-electron chi connectivity index (χ1n) is 6.80. The number of nitrogen functional groups attached to an aromatic ring is 1. The van der Waals surface area contributed by atoms with E-state index < -0.39 is 0 Å². The van der Waals surface area contributed by atoms with Crippen LogP contribution >= 0.6 is 0 Å². The lowest BCUT2D eigenvalue weighted by molar-refractivity contribution is 0.447. The van der Waals surface area contributed by atoms with Crippen molar-refractivity contribution in [3.05, 3.63) is 30.4 Å². The highest BCUT2D eigenvalue weighted by atomic mass is 15.3. The Morgan fingerprint density at radius 3 is 2.90 bits per heavy atom. The van der Waals surface area contributed by atoms with Gasteiger partial charge in [-0.05, 0) is 7.05 Å². The Labute approximate surface area is 122 Å². The molecule has 1 saturated heterocycles. The Kier molecular flexibility index (Phi) is 3.78. The van der Waals surface area contributed by atoms with Gasteiger partial charge >= 0.3 is 0 Å². The fourth-order valence-electron chi connectivity index (χ4n) is 2.18. The van der Waals surface area contributed by atoms with E-state index in [1.54, 1.807) is 18.6 Å². The second kappa shape index (κ2) is 5.88. The molecule has 3 heterocycles. The maximum atomic E-state index is 5.79. The minimum absolute atomic E-state index is 0.288. The highest BCUT2D eigenvalue weighted by molar-refractivity contribution is 5.47. The van der Waals surface area contributed by atoms with Gasteiger partial charge in [-0.15, -0.1) is 0 Å². The summed E-state index contributed by atoms with van der Waals surface area (Å²) in [6.07, 6.45) is 4.94. The minimum Gasteiger partial charge on any atom is -0.368 e. The van der Waals surface area contributed by atoms with Gasteiger partial charge in [0.1, 0.15) is 11.6 Å². The molecule has 2 aromatic rings. The quantitative estimate of drug-likeness (QED) is 0.698. The van der Waals surface area contributed by atoms with E-state index >= 15 is 0 Å². The number of nitrogens with zero attached hydrogens (tertiary/aromatic N) is 5. The topological polar surface area (TPSA) is 105 Å². The smallest absolute Gasteiger partial charge is 0.222 e. The predicted octanol–water partition coefficient (Wildman–Crippen LogP) is -0.131. The van der Waals surface area contributed by atoms with Crippen molar-refractivity contribution >= 4 is 17.6 Å². The number of likely N-dealkylation sites (N-methyl/N-ethyl adjacent to an activating group) is 1. The Morgan fingerprint density at radius 1 is 1.33 bits per heavy atom. The maximum Gasteiger partial charge on any atom is 0.222 e. The molecule has 0 amide bonds.